The Balaban J connectivity index is 1.28. The minimum atomic E-state index is -3.97. The number of carbonyl (C=O) groups is 2. The van der Waals surface area contributed by atoms with E-state index in [4.69, 9.17) is 21.1 Å². The molecule has 2 fully saturated rings. The summed E-state index contributed by atoms with van der Waals surface area (Å²) in [6.07, 6.45) is 9.86. The Kier molecular flexibility index (Phi) is 11.1. The molecule has 5 aliphatic rings. The van der Waals surface area contributed by atoms with Crippen molar-refractivity contribution < 1.29 is 27.5 Å². The lowest BCUT2D eigenvalue weighted by atomic mass is 9.63. The van der Waals surface area contributed by atoms with Crippen molar-refractivity contribution in [2.24, 2.45) is 17.8 Å². The van der Waals surface area contributed by atoms with Gasteiger partial charge in [0.2, 0.25) is 10.0 Å². The summed E-state index contributed by atoms with van der Waals surface area (Å²) < 4.78 is 42.9. The number of nitrogens with zero attached hydrogens (tertiary/aromatic N) is 3. The van der Waals surface area contributed by atoms with Gasteiger partial charge in [0.25, 0.3) is 5.91 Å². The molecular weight excluding hydrogens is 712 g/mol. The van der Waals surface area contributed by atoms with Crippen LogP contribution in [0.15, 0.2) is 48.6 Å². The zero-order valence-electron chi connectivity index (χ0n) is 31.6. The lowest BCUT2D eigenvalue weighted by Crippen LogP contribution is -2.59. The molecule has 2 bridgehead atoms. The van der Waals surface area contributed by atoms with Crippen molar-refractivity contribution in [3.05, 3.63) is 70.3 Å². The topological polar surface area (TPSA) is 108 Å². The highest BCUT2D eigenvalue weighted by Gasteiger charge is 2.50. The van der Waals surface area contributed by atoms with Gasteiger partial charge in [-0.15, -0.1) is 0 Å². The number of nitrogens with one attached hydrogen (secondary N) is 1. The van der Waals surface area contributed by atoms with Crippen LogP contribution in [0, 0.1) is 17.8 Å². The van der Waals surface area contributed by atoms with Crippen LogP contribution in [-0.2, 0) is 31.4 Å². The monoisotopic (exact) mass is 766 g/mol. The molecule has 3 heterocycles. The largest absolute Gasteiger partial charge is 0.490 e. The number of allylic oxidation sites excluding steroid dienone is 1. The number of amides is 1. The first-order chi connectivity index (χ1) is 25.3. The maximum absolute atomic E-state index is 13.6. The number of piperazine rings is 1. The molecular formula is C41H55ClN4O6S. The smallest absolute Gasteiger partial charge is 0.264 e. The van der Waals surface area contributed by atoms with Crippen LogP contribution >= 0.6 is 11.6 Å². The van der Waals surface area contributed by atoms with Gasteiger partial charge in [0.15, 0.2) is 0 Å². The van der Waals surface area contributed by atoms with Crippen molar-refractivity contribution in [1.29, 1.82) is 0 Å². The van der Waals surface area contributed by atoms with Crippen LogP contribution < -0.4 is 14.4 Å². The molecule has 2 aromatic rings. The third kappa shape index (κ3) is 7.79. The molecule has 7 rings (SSSR count). The predicted octanol–water partition coefficient (Wildman–Crippen LogP) is 5.48. The third-order valence-corrected chi connectivity index (χ3v) is 15.1. The van der Waals surface area contributed by atoms with Crippen molar-refractivity contribution in [2.45, 2.75) is 75.6 Å². The summed E-state index contributed by atoms with van der Waals surface area (Å²) in [7, 11) is -2.16. The van der Waals surface area contributed by atoms with Crippen LogP contribution in [0.25, 0.3) is 0 Å². The van der Waals surface area contributed by atoms with Crippen molar-refractivity contribution >= 4 is 39.0 Å². The lowest BCUT2D eigenvalue weighted by Gasteiger charge is -2.52. The zero-order chi connectivity index (χ0) is 37.5. The molecule has 10 nitrogen and oxygen atoms in total. The third-order valence-electron chi connectivity index (χ3n) is 13.0. The Labute approximate surface area is 320 Å². The van der Waals surface area contributed by atoms with Crippen LogP contribution in [0.2, 0.25) is 5.02 Å². The average Bonchev–Trinajstić information content (AvgIpc) is 3.26. The Morgan fingerprint density at radius 2 is 1.85 bits per heavy atom. The van der Waals surface area contributed by atoms with Crippen molar-refractivity contribution in [1.82, 2.24) is 14.5 Å². The number of anilines is 1. The SMILES string of the molecule is CO[C@@]1(CN2CCN(CC(C)=O)CC2)/C=C/C[C@H](C)[C@@H](C)S(=O)(=O)NC(=O)c2ccc3c(c2)N(C[C@@H]2CC[C@H]21)C[C@@]1(CCCc2cc(Cl)ccc21)CO3. The number of ketones is 1. The van der Waals surface area contributed by atoms with E-state index in [0.29, 0.717) is 43.3 Å². The highest BCUT2D eigenvalue weighted by atomic mass is 35.5. The van der Waals surface area contributed by atoms with Gasteiger partial charge in [-0.2, -0.15) is 0 Å². The fraction of sp³-hybridized carbons (Fsp3) is 0.610. The van der Waals surface area contributed by atoms with Crippen LogP contribution in [0.3, 0.4) is 0 Å². The van der Waals surface area contributed by atoms with Crippen LogP contribution in [0.5, 0.6) is 5.75 Å². The van der Waals surface area contributed by atoms with Gasteiger partial charge in [-0.05, 0) is 112 Å². The molecule has 53 heavy (non-hydrogen) atoms. The molecule has 0 radical (unpaired) electrons. The summed E-state index contributed by atoms with van der Waals surface area (Å²) >= 11 is 6.49. The van der Waals surface area contributed by atoms with Crippen LogP contribution in [0.4, 0.5) is 5.69 Å². The molecule has 1 amide bonds. The molecule has 288 valence electrons. The predicted molar refractivity (Wildman–Crippen MR) is 209 cm³/mol. The average molecular weight is 767 g/mol. The lowest BCUT2D eigenvalue weighted by molar-refractivity contribution is -0.119. The second kappa shape index (κ2) is 15.3. The van der Waals surface area contributed by atoms with Crippen molar-refractivity contribution in [3.8, 4) is 5.75 Å². The van der Waals surface area contributed by atoms with Crippen LogP contribution in [-0.4, -0.2) is 107 Å². The Morgan fingerprint density at radius 1 is 1.08 bits per heavy atom. The number of aryl methyl sites for hydroxylation is 1. The van der Waals surface area contributed by atoms with Crippen LogP contribution in [0.1, 0.15) is 74.4 Å². The number of fused-ring (bicyclic) bond motifs is 4. The summed E-state index contributed by atoms with van der Waals surface area (Å²) in [6, 6.07) is 11.6. The Bertz CT molecular complexity index is 1850. The fourth-order valence-corrected chi connectivity index (χ4v) is 11.1. The maximum Gasteiger partial charge on any atom is 0.264 e. The fourth-order valence-electron chi connectivity index (χ4n) is 9.58. The number of ether oxygens (including phenoxy) is 2. The number of rotatable bonds is 5. The highest BCUT2D eigenvalue weighted by Crippen LogP contribution is 2.49. The number of halogens is 1. The highest BCUT2D eigenvalue weighted by molar-refractivity contribution is 7.90. The molecule has 12 heteroatoms. The molecule has 0 unspecified atom stereocenters. The second-order valence-corrected chi connectivity index (χ2v) is 18.9. The van der Waals surface area contributed by atoms with E-state index >= 15 is 0 Å². The molecule has 0 aromatic heterocycles. The van der Waals surface area contributed by atoms with E-state index in [1.807, 2.05) is 32.2 Å². The number of Topliss-reactive ketones (excluding diaryl/α,β-unsaturated/α-hetero) is 1. The summed E-state index contributed by atoms with van der Waals surface area (Å²) in [5.41, 5.74) is 2.76. The molecule has 1 saturated heterocycles. The van der Waals surface area contributed by atoms with Gasteiger partial charge < -0.3 is 14.4 Å². The number of methoxy groups -OCH3 is 1. The van der Waals surface area contributed by atoms with Gasteiger partial charge in [0, 0.05) is 68.9 Å². The van der Waals surface area contributed by atoms with E-state index in [1.54, 1.807) is 19.9 Å². The zero-order valence-corrected chi connectivity index (χ0v) is 33.2. The molecule has 2 aliphatic carbocycles. The van der Waals surface area contributed by atoms with E-state index < -0.39 is 26.8 Å². The van der Waals surface area contributed by atoms with E-state index in [2.05, 4.69) is 43.7 Å². The molecule has 3 aliphatic heterocycles. The molecule has 1 spiro atoms. The number of sulfonamides is 1. The Hall–Kier alpha value is -2.96. The van der Waals surface area contributed by atoms with Gasteiger partial charge in [-0.25, -0.2) is 13.1 Å². The summed E-state index contributed by atoms with van der Waals surface area (Å²) in [4.78, 5) is 32.6. The molecule has 1 N–H and O–H groups in total. The van der Waals surface area contributed by atoms with E-state index in [1.165, 1.54) is 11.1 Å². The van der Waals surface area contributed by atoms with Gasteiger partial charge in [0.1, 0.15) is 17.1 Å². The Morgan fingerprint density at radius 3 is 2.57 bits per heavy atom. The van der Waals surface area contributed by atoms with Gasteiger partial charge in [0.05, 0.1) is 24.1 Å². The number of benzene rings is 2. The molecule has 1 saturated carbocycles. The number of hydrogen-bond donors (Lipinski definition) is 1. The van der Waals surface area contributed by atoms with Crippen molar-refractivity contribution in [3.63, 3.8) is 0 Å². The summed E-state index contributed by atoms with van der Waals surface area (Å²) in [6.45, 7) is 11.7. The maximum atomic E-state index is 13.6. The standard InChI is InChI=1S/C41H55ClN4O6S/c1-28-7-5-16-41(51-4,26-45-19-17-44(18-20-45)23-29(2)47)36-12-9-33(36)24-46-25-40(15-6-8-31-21-34(42)11-13-35(31)40)27-52-38-14-10-32(22-37(38)46)39(48)43-53(49,50)30(28)3/h5,10-11,13-14,16,21-22,28,30,33,36H,6-9,12,15,17-20,23-27H2,1-4H3,(H,43,48)/b16-5+/t28-,30+,33-,36+,40-,41+/m0/s1. The van der Waals surface area contributed by atoms with E-state index in [-0.39, 0.29) is 23.0 Å². The quantitative estimate of drug-likeness (QED) is 0.397. The number of hydrogen-bond acceptors (Lipinski definition) is 9. The first kappa shape index (κ1) is 38.3. The van der Waals surface area contributed by atoms with E-state index in [0.717, 1.165) is 82.1 Å². The van der Waals surface area contributed by atoms with Gasteiger partial charge >= 0.3 is 0 Å². The summed E-state index contributed by atoms with van der Waals surface area (Å²) in [5.74, 6) is 0.529. The number of carbonyl (C=O) groups excluding carboxylic acids is 2. The van der Waals surface area contributed by atoms with E-state index in [9.17, 15) is 18.0 Å². The normalized spacial score (nSPS) is 32.7. The first-order valence-corrected chi connectivity index (χ1v) is 21.3. The first-order valence-electron chi connectivity index (χ1n) is 19.3. The molecule has 6 atom stereocenters. The van der Waals surface area contributed by atoms with Gasteiger partial charge in [-0.3, -0.25) is 19.4 Å². The summed E-state index contributed by atoms with van der Waals surface area (Å²) in [5, 5.41) is -0.0633. The minimum absolute atomic E-state index is 0.185. The van der Waals surface area contributed by atoms with Gasteiger partial charge in [-0.1, -0.05) is 36.7 Å². The molecule has 2 aromatic carbocycles. The second-order valence-electron chi connectivity index (χ2n) is 16.4. The van der Waals surface area contributed by atoms with Crippen molar-refractivity contribution in [2.75, 3.05) is 71.0 Å². The minimum Gasteiger partial charge on any atom is -0.490 e.